The largest absolute Gasteiger partial charge is 0.497 e. The van der Waals surface area contributed by atoms with Crippen LogP contribution < -0.4 is 14.8 Å². The maximum absolute atomic E-state index is 5.72. The molecule has 1 atom stereocenters. The number of guanidine groups is 1. The molecular formula is C19H28N4O3S. The molecule has 2 aromatic rings. The summed E-state index contributed by atoms with van der Waals surface area (Å²) in [5.74, 6) is 2.42. The van der Waals surface area contributed by atoms with Gasteiger partial charge in [-0.1, -0.05) is 0 Å². The Balaban J connectivity index is 1.77. The summed E-state index contributed by atoms with van der Waals surface area (Å²) in [6.07, 6.45) is 0.0154. The number of thiazole rings is 1. The van der Waals surface area contributed by atoms with Gasteiger partial charge in [-0.2, -0.15) is 0 Å². The molecule has 0 bridgehead atoms. The van der Waals surface area contributed by atoms with Gasteiger partial charge in [-0.3, -0.25) is 4.99 Å². The molecule has 1 aromatic carbocycles. The molecule has 27 heavy (non-hydrogen) atoms. The lowest BCUT2D eigenvalue weighted by atomic mass is 10.3. The topological polar surface area (TPSA) is 68.2 Å². The summed E-state index contributed by atoms with van der Waals surface area (Å²) >= 11 is 1.61. The zero-order chi connectivity index (χ0) is 19.6. The number of hydrogen-bond donors (Lipinski definition) is 1. The van der Waals surface area contributed by atoms with Crippen LogP contribution in [0.15, 0.2) is 34.6 Å². The van der Waals surface area contributed by atoms with Crippen molar-refractivity contribution in [1.82, 2.24) is 15.2 Å². The van der Waals surface area contributed by atoms with Crippen LogP contribution in [0.4, 0.5) is 0 Å². The van der Waals surface area contributed by atoms with Crippen LogP contribution in [0.5, 0.6) is 11.5 Å². The Morgan fingerprint density at radius 3 is 2.59 bits per heavy atom. The molecule has 0 radical (unpaired) electrons. The molecule has 0 amide bonds. The van der Waals surface area contributed by atoms with Gasteiger partial charge in [0.15, 0.2) is 5.96 Å². The van der Waals surface area contributed by atoms with Crippen molar-refractivity contribution in [3.8, 4) is 11.5 Å². The van der Waals surface area contributed by atoms with Crippen LogP contribution in [0.25, 0.3) is 0 Å². The average molecular weight is 393 g/mol. The second-order valence-corrected chi connectivity index (χ2v) is 6.80. The van der Waals surface area contributed by atoms with E-state index in [9.17, 15) is 0 Å². The molecule has 7 nitrogen and oxygen atoms in total. The zero-order valence-corrected chi connectivity index (χ0v) is 17.4. The standard InChI is InChI=1S/C19H28N4O3S/c1-14(24-4)18-22-15(13-27-18)12-23(3)19(20-2)21-10-11-26-17-8-6-16(25-5)7-9-17/h6-9,13-14H,10-12H2,1-5H3,(H,20,21). The molecule has 1 unspecified atom stereocenters. The summed E-state index contributed by atoms with van der Waals surface area (Å²) < 4.78 is 16.2. The Kier molecular flexibility index (Phi) is 8.35. The van der Waals surface area contributed by atoms with Crippen molar-refractivity contribution in [1.29, 1.82) is 0 Å². The first-order valence-electron chi connectivity index (χ1n) is 8.73. The molecule has 1 aromatic heterocycles. The molecule has 148 valence electrons. The lowest BCUT2D eigenvalue weighted by Crippen LogP contribution is -2.40. The third-order valence-corrected chi connectivity index (χ3v) is 5.01. The third-order valence-electron chi connectivity index (χ3n) is 3.96. The van der Waals surface area contributed by atoms with Crippen LogP contribution in [0.2, 0.25) is 0 Å². The van der Waals surface area contributed by atoms with E-state index in [1.54, 1.807) is 32.6 Å². The highest BCUT2D eigenvalue weighted by atomic mass is 32.1. The molecule has 0 saturated carbocycles. The summed E-state index contributed by atoms with van der Waals surface area (Å²) in [5, 5.41) is 6.34. The van der Waals surface area contributed by atoms with Crippen molar-refractivity contribution in [3.63, 3.8) is 0 Å². The molecule has 0 spiro atoms. The van der Waals surface area contributed by atoms with Gasteiger partial charge in [0.2, 0.25) is 0 Å². The van der Waals surface area contributed by atoms with Gasteiger partial charge in [0.05, 0.1) is 25.9 Å². The van der Waals surface area contributed by atoms with Crippen LogP contribution >= 0.6 is 11.3 Å². The Morgan fingerprint density at radius 2 is 1.96 bits per heavy atom. The van der Waals surface area contributed by atoms with Crippen molar-refractivity contribution >= 4 is 17.3 Å². The maximum atomic E-state index is 5.72. The monoisotopic (exact) mass is 392 g/mol. The van der Waals surface area contributed by atoms with Gasteiger partial charge in [-0.25, -0.2) is 4.98 Å². The van der Waals surface area contributed by atoms with Crippen LogP contribution in [0.1, 0.15) is 23.7 Å². The fourth-order valence-corrected chi connectivity index (χ4v) is 3.23. The second-order valence-electron chi connectivity index (χ2n) is 5.91. The smallest absolute Gasteiger partial charge is 0.193 e. The number of aliphatic imine (C=N–C) groups is 1. The first-order chi connectivity index (χ1) is 13.1. The summed E-state index contributed by atoms with van der Waals surface area (Å²) in [6, 6.07) is 7.53. The molecule has 2 rings (SSSR count). The number of rotatable bonds is 9. The normalized spacial score (nSPS) is 12.6. The van der Waals surface area contributed by atoms with E-state index in [2.05, 4.69) is 20.7 Å². The summed E-state index contributed by atoms with van der Waals surface area (Å²) in [6.45, 7) is 3.85. The van der Waals surface area contributed by atoms with Crippen molar-refractivity contribution in [2.75, 3.05) is 41.5 Å². The zero-order valence-electron chi connectivity index (χ0n) is 16.6. The van der Waals surface area contributed by atoms with Crippen molar-refractivity contribution in [2.45, 2.75) is 19.6 Å². The Bertz CT molecular complexity index is 718. The lowest BCUT2D eigenvalue weighted by molar-refractivity contribution is 0.119. The number of methoxy groups -OCH3 is 2. The number of nitrogens with one attached hydrogen (secondary N) is 1. The number of ether oxygens (including phenoxy) is 3. The number of aromatic nitrogens is 1. The predicted octanol–water partition coefficient (Wildman–Crippen LogP) is 2.95. The van der Waals surface area contributed by atoms with Crippen LogP contribution in [-0.2, 0) is 11.3 Å². The maximum Gasteiger partial charge on any atom is 0.193 e. The van der Waals surface area contributed by atoms with E-state index < -0.39 is 0 Å². The minimum Gasteiger partial charge on any atom is -0.497 e. The van der Waals surface area contributed by atoms with Crippen LogP contribution in [0.3, 0.4) is 0 Å². The van der Waals surface area contributed by atoms with Gasteiger partial charge in [-0.15, -0.1) is 11.3 Å². The second kappa shape index (κ2) is 10.7. The first-order valence-corrected chi connectivity index (χ1v) is 9.61. The number of nitrogens with zero attached hydrogens (tertiary/aromatic N) is 3. The van der Waals surface area contributed by atoms with E-state index in [4.69, 9.17) is 14.2 Å². The van der Waals surface area contributed by atoms with E-state index in [0.717, 1.165) is 28.2 Å². The minimum absolute atomic E-state index is 0.0154. The predicted molar refractivity (Wildman–Crippen MR) is 109 cm³/mol. The molecule has 1 N–H and O–H groups in total. The first kappa shape index (κ1) is 21.0. The fraction of sp³-hybridized carbons (Fsp3) is 0.474. The van der Waals surface area contributed by atoms with E-state index in [1.807, 2.05) is 43.1 Å². The van der Waals surface area contributed by atoms with Crippen LogP contribution in [0, 0.1) is 0 Å². The molecule has 1 heterocycles. The average Bonchev–Trinajstić information content (AvgIpc) is 3.16. The third kappa shape index (κ3) is 6.41. The highest BCUT2D eigenvalue weighted by Crippen LogP contribution is 2.21. The Labute approximate surface area is 165 Å². The van der Waals surface area contributed by atoms with Crippen molar-refractivity contribution in [2.24, 2.45) is 4.99 Å². The van der Waals surface area contributed by atoms with Gasteiger partial charge in [0.25, 0.3) is 0 Å². The summed E-state index contributed by atoms with van der Waals surface area (Å²) in [7, 11) is 7.09. The fourth-order valence-electron chi connectivity index (χ4n) is 2.39. The SMILES string of the molecule is CN=C(NCCOc1ccc(OC)cc1)N(C)Cc1csc(C(C)OC)n1. The van der Waals surface area contributed by atoms with Gasteiger partial charge in [-0.05, 0) is 31.2 Å². The summed E-state index contributed by atoms with van der Waals surface area (Å²) in [5.41, 5.74) is 0.999. The molecule has 8 heteroatoms. The quantitative estimate of drug-likeness (QED) is 0.402. The lowest BCUT2D eigenvalue weighted by Gasteiger charge is -2.21. The minimum atomic E-state index is 0.0154. The highest BCUT2D eigenvalue weighted by molar-refractivity contribution is 7.09. The number of benzene rings is 1. The van der Waals surface area contributed by atoms with Crippen LogP contribution in [-0.4, -0.2) is 57.3 Å². The molecule has 0 aliphatic rings. The van der Waals surface area contributed by atoms with E-state index in [1.165, 1.54) is 0 Å². The van der Waals surface area contributed by atoms with E-state index >= 15 is 0 Å². The molecule has 0 aliphatic carbocycles. The Morgan fingerprint density at radius 1 is 1.26 bits per heavy atom. The van der Waals surface area contributed by atoms with E-state index in [0.29, 0.717) is 19.7 Å². The van der Waals surface area contributed by atoms with Gasteiger partial charge >= 0.3 is 0 Å². The molecule has 0 fully saturated rings. The Hall–Kier alpha value is -2.32. The highest BCUT2D eigenvalue weighted by Gasteiger charge is 2.12. The van der Waals surface area contributed by atoms with Gasteiger partial charge < -0.3 is 24.4 Å². The molecular weight excluding hydrogens is 364 g/mol. The number of hydrogen-bond acceptors (Lipinski definition) is 6. The van der Waals surface area contributed by atoms with Crippen molar-refractivity contribution < 1.29 is 14.2 Å². The molecule has 0 saturated heterocycles. The van der Waals surface area contributed by atoms with Gasteiger partial charge in [0.1, 0.15) is 29.2 Å². The molecule has 0 aliphatic heterocycles. The van der Waals surface area contributed by atoms with Gasteiger partial charge in [0, 0.05) is 26.6 Å². The van der Waals surface area contributed by atoms with E-state index in [-0.39, 0.29) is 6.10 Å². The van der Waals surface area contributed by atoms with Crippen molar-refractivity contribution in [3.05, 3.63) is 40.3 Å². The summed E-state index contributed by atoms with van der Waals surface area (Å²) in [4.78, 5) is 11.0.